The van der Waals surface area contributed by atoms with Gasteiger partial charge in [0.05, 0.1) is 12.2 Å². The van der Waals surface area contributed by atoms with Crippen LogP contribution in [0.15, 0.2) is 30.3 Å². The van der Waals surface area contributed by atoms with Crippen LogP contribution in [-0.4, -0.2) is 46.0 Å². The fraction of sp³-hybridized carbons (Fsp3) is 0.294. The molecular formula is C17H21N5O3. The highest BCUT2D eigenvalue weighted by Gasteiger charge is 2.16. The normalized spacial score (nSPS) is 10.4. The van der Waals surface area contributed by atoms with Gasteiger partial charge in [0.15, 0.2) is 0 Å². The first kappa shape index (κ1) is 18.2. The molecule has 1 heterocycles. The maximum Gasteiger partial charge on any atom is 0.273 e. The smallest absolute Gasteiger partial charge is 0.273 e. The zero-order chi connectivity index (χ0) is 18.6. The van der Waals surface area contributed by atoms with Crippen molar-refractivity contribution in [1.29, 1.82) is 0 Å². The van der Waals surface area contributed by atoms with E-state index in [1.54, 1.807) is 35.0 Å². The Kier molecular flexibility index (Phi) is 5.53. The van der Waals surface area contributed by atoms with Gasteiger partial charge >= 0.3 is 0 Å². The van der Waals surface area contributed by atoms with E-state index >= 15 is 0 Å². The number of likely N-dealkylation sites (N-methyl/N-ethyl adjacent to an activating group) is 1. The summed E-state index contributed by atoms with van der Waals surface area (Å²) in [6.45, 7) is 4.12. The van der Waals surface area contributed by atoms with E-state index in [0.717, 1.165) is 5.69 Å². The predicted molar refractivity (Wildman–Crippen MR) is 93.2 cm³/mol. The summed E-state index contributed by atoms with van der Waals surface area (Å²) in [4.78, 5) is 36.9. The minimum absolute atomic E-state index is 0.176. The lowest BCUT2D eigenvalue weighted by molar-refractivity contribution is -0.118. The monoisotopic (exact) mass is 343 g/mol. The van der Waals surface area contributed by atoms with Crippen LogP contribution in [0.2, 0.25) is 0 Å². The van der Waals surface area contributed by atoms with Gasteiger partial charge in [0.25, 0.3) is 11.8 Å². The van der Waals surface area contributed by atoms with E-state index in [0.29, 0.717) is 23.5 Å². The fourth-order valence-electron chi connectivity index (χ4n) is 2.42. The van der Waals surface area contributed by atoms with Crippen molar-refractivity contribution < 1.29 is 14.4 Å². The second-order valence-corrected chi connectivity index (χ2v) is 5.65. The summed E-state index contributed by atoms with van der Waals surface area (Å²) >= 11 is 0. The van der Waals surface area contributed by atoms with E-state index in [1.165, 1.54) is 11.9 Å². The van der Waals surface area contributed by atoms with E-state index in [-0.39, 0.29) is 18.4 Å². The van der Waals surface area contributed by atoms with Gasteiger partial charge in [-0.3, -0.25) is 19.1 Å². The molecule has 0 aliphatic rings. The first-order chi connectivity index (χ1) is 11.8. The standard InChI is InChI=1S/C17H21N5O3/c1-4-22-14(8-11(2)20-22)16(24)19-13-7-5-6-12(9-13)17(25)21(3)10-15(18)23/h5-9H,4,10H2,1-3H3,(H2,18,23)(H,19,24). The Morgan fingerprint density at radius 1 is 1.28 bits per heavy atom. The maximum absolute atomic E-state index is 12.4. The molecule has 2 rings (SSSR count). The first-order valence-electron chi connectivity index (χ1n) is 7.81. The van der Waals surface area contributed by atoms with Crippen LogP contribution in [0.4, 0.5) is 5.69 Å². The van der Waals surface area contributed by atoms with Crippen LogP contribution in [0.1, 0.15) is 33.5 Å². The second kappa shape index (κ2) is 7.61. The Hall–Kier alpha value is -3.16. The van der Waals surface area contributed by atoms with E-state index < -0.39 is 5.91 Å². The van der Waals surface area contributed by atoms with Crippen molar-refractivity contribution in [1.82, 2.24) is 14.7 Å². The van der Waals surface area contributed by atoms with Gasteiger partial charge in [0.2, 0.25) is 5.91 Å². The van der Waals surface area contributed by atoms with Gasteiger partial charge < -0.3 is 16.0 Å². The first-order valence-corrected chi connectivity index (χ1v) is 7.81. The molecule has 8 heteroatoms. The summed E-state index contributed by atoms with van der Waals surface area (Å²) in [5.41, 5.74) is 7.13. The number of primary amides is 1. The molecule has 0 bridgehead atoms. The third kappa shape index (κ3) is 4.43. The number of aryl methyl sites for hydroxylation is 2. The molecule has 0 atom stereocenters. The van der Waals surface area contributed by atoms with E-state index in [9.17, 15) is 14.4 Å². The van der Waals surface area contributed by atoms with Crippen LogP contribution in [0.25, 0.3) is 0 Å². The summed E-state index contributed by atoms with van der Waals surface area (Å²) in [7, 11) is 1.49. The molecule has 0 spiro atoms. The fourth-order valence-corrected chi connectivity index (χ4v) is 2.42. The summed E-state index contributed by atoms with van der Waals surface area (Å²) < 4.78 is 1.61. The van der Waals surface area contributed by atoms with Crippen LogP contribution >= 0.6 is 0 Å². The Morgan fingerprint density at radius 2 is 2.00 bits per heavy atom. The minimum atomic E-state index is -0.594. The molecule has 25 heavy (non-hydrogen) atoms. The highest BCUT2D eigenvalue weighted by Crippen LogP contribution is 2.14. The van der Waals surface area contributed by atoms with Crippen LogP contribution in [0.3, 0.4) is 0 Å². The number of anilines is 1. The zero-order valence-electron chi connectivity index (χ0n) is 14.4. The molecule has 0 saturated heterocycles. The van der Waals surface area contributed by atoms with Crippen LogP contribution < -0.4 is 11.1 Å². The van der Waals surface area contributed by atoms with Gasteiger partial charge in [0.1, 0.15) is 5.69 Å². The van der Waals surface area contributed by atoms with Gasteiger partial charge in [0, 0.05) is 24.8 Å². The average Bonchev–Trinajstić information content (AvgIpc) is 2.95. The molecule has 0 aliphatic heterocycles. The Balaban J connectivity index is 2.17. The summed E-state index contributed by atoms with van der Waals surface area (Å²) in [6.07, 6.45) is 0. The van der Waals surface area contributed by atoms with Gasteiger partial charge in [-0.05, 0) is 38.1 Å². The molecule has 132 valence electrons. The number of carbonyl (C=O) groups excluding carboxylic acids is 3. The van der Waals surface area contributed by atoms with Crippen molar-refractivity contribution in [2.45, 2.75) is 20.4 Å². The van der Waals surface area contributed by atoms with E-state index in [4.69, 9.17) is 5.73 Å². The SMILES string of the molecule is CCn1nc(C)cc1C(=O)Nc1cccc(C(=O)N(C)CC(N)=O)c1. The number of benzene rings is 1. The third-order valence-corrected chi connectivity index (χ3v) is 3.54. The largest absolute Gasteiger partial charge is 0.368 e. The van der Waals surface area contributed by atoms with Crippen molar-refractivity contribution >= 4 is 23.4 Å². The molecule has 0 aliphatic carbocycles. The van der Waals surface area contributed by atoms with Gasteiger partial charge in [-0.1, -0.05) is 6.07 Å². The summed E-state index contributed by atoms with van der Waals surface area (Å²) in [5, 5.41) is 7.00. The topological polar surface area (TPSA) is 110 Å². The molecule has 0 radical (unpaired) electrons. The van der Waals surface area contributed by atoms with Crippen LogP contribution in [0, 0.1) is 6.92 Å². The minimum Gasteiger partial charge on any atom is -0.368 e. The molecule has 3 amide bonds. The number of hydrogen-bond acceptors (Lipinski definition) is 4. The van der Waals surface area contributed by atoms with E-state index in [2.05, 4.69) is 10.4 Å². The Labute approximate surface area is 145 Å². The highest BCUT2D eigenvalue weighted by atomic mass is 16.2. The quantitative estimate of drug-likeness (QED) is 0.816. The number of nitrogens with zero attached hydrogens (tertiary/aromatic N) is 3. The summed E-state index contributed by atoms with van der Waals surface area (Å²) in [5.74, 6) is -1.26. The number of rotatable bonds is 6. The number of nitrogens with two attached hydrogens (primary N) is 1. The number of aromatic nitrogens is 2. The van der Waals surface area contributed by atoms with Crippen molar-refractivity contribution in [2.24, 2.45) is 5.73 Å². The van der Waals surface area contributed by atoms with Crippen molar-refractivity contribution in [3.8, 4) is 0 Å². The molecule has 1 aromatic heterocycles. The average molecular weight is 343 g/mol. The Bertz CT molecular complexity index is 812. The molecule has 0 saturated carbocycles. The molecular weight excluding hydrogens is 322 g/mol. The molecule has 0 unspecified atom stereocenters. The molecule has 2 aromatic rings. The van der Waals surface area contributed by atoms with Crippen molar-refractivity contribution in [3.63, 3.8) is 0 Å². The lowest BCUT2D eigenvalue weighted by Gasteiger charge is -2.15. The molecule has 8 nitrogen and oxygen atoms in total. The number of nitrogens with one attached hydrogen (secondary N) is 1. The van der Waals surface area contributed by atoms with E-state index in [1.807, 2.05) is 13.8 Å². The lowest BCUT2D eigenvalue weighted by atomic mass is 10.1. The predicted octanol–water partition coefficient (Wildman–Crippen LogP) is 1.02. The molecule has 1 aromatic carbocycles. The number of hydrogen-bond donors (Lipinski definition) is 2. The van der Waals surface area contributed by atoms with Crippen molar-refractivity contribution in [3.05, 3.63) is 47.3 Å². The van der Waals surface area contributed by atoms with Crippen LogP contribution in [0.5, 0.6) is 0 Å². The Morgan fingerprint density at radius 3 is 2.64 bits per heavy atom. The zero-order valence-corrected chi connectivity index (χ0v) is 14.4. The van der Waals surface area contributed by atoms with Crippen LogP contribution in [-0.2, 0) is 11.3 Å². The van der Waals surface area contributed by atoms with Gasteiger partial charge in [-0.2, -0.15) is 5.10 Å². The maximum atomic E-state index is 12.4. The second-order valence-electron chi connectivity index (χ2n) is 5.65. The number of amides is 3. The highest BCUT2D eigenvalue weighted by molar-refractivity contribution is 6.04. The molecule has 0 fully saturated rings. The summed E-state index contributed by atoms with van der Waals surface area (Å²) in [6, 6.07) is 8.20. The van der Waals surface area contributed by atoms with Crippen molar-refractivity contribution in [2.75, 3.05) is 18.9 Å². The van der Waals surface area contributed by atoms with Gasteiger partial charge in [-0.15, -0.1) is 0 Å². The number of carbonyl (C=O) groups is 3. The third-order valence-electron chi connectivity index (χ3n) is 3.54. The van der Waals surface area contributed by atoms with Gasteiger partial charge in [-0.25, -0.2) is 0 Å². The lowest BCUT2D eigenvalue weighted by Crippen LogP contribution is -2.35. The molecule has 3 N–H and O–H groups in total.